The van der Waals surface area contributed by atoms with Gasteiger partial charge in [-0.1, -0.05) is 0 Å². The van der Waals surface area contributed by atoms with Crippen LogP contribution in [0.2, 0.25) is 0 Å². The summed E-state index contributed by atoms with van der Waals surface area (Å²) in [6, 6.07) is -0.432. The SMILES string of the molecule is CC(C)(C)NC(=O)NC(=O)CN1CCCC(CCN)C1.Cl. The highest BCUT2D eigenvalue weighted by Crippen LogP contribution is 2.18. The molecule has 1 atom stereocenters. The van der Waals surface area contributed by atoms with Gasteiger partial charge in [0.25, 0.3) is 0 Å². The van der Waals surface area contributed by atoms with E-state index in [1.807, 2.05) is 20.8 Å². The van der Waals surface area contributed by atoms with E-state index >= 15 is 0 Å². The van der Waals surface area contributed by atoms with Crippen molar-refractivity contribution in [1.82, 2.24) is 15.5 Å². The minimum absolute atomic E-state index is 0. The summed E-state index contributed by atoms with van der Waals surface area (Å²) >= 11 is 0. The van der Waals surface area contributed by atoms with Gasteiger partial charge in [0.15, 0.2) is 0 Å². The molecular formula is C14H29ClN4O2. The Morgan fingerprint density at radius 2 is 2.00 bits per heavy atom. The number of hydrogen-bond acceptors (Lipinski definition) is 4. The number of rotatable bonds is 4. The van der Waals surface area contributed by atoms with E-state index in [1.165, 1.54) is 6.42 Å². The van der Waals surface area contributed by atoms with Crippen LogP contribution in [0.25, 0.3) is 0 Å². The topological polar surface area (TPSA) is 87.5 Å². The Labute approximate surface area is 133 Å². The van der Waals surface area contributed by atoms with Gasteiger partial charge >= 0.3 is 6.03 Å². The van der Waals surface area contributed by atoms with E-state index in [1.54, 1.807) is 0 Å². The van der Waals surface area contributed by atoms with E-state index in [-0.39, 0.29) is 30.4 Å². The summed E-state index contributed by atoms with van der Waals surface area (Å²) in [7, 11) is 0. The fourth-order valence-electron chi connectivity index (χ4n) is 2.51. The van der Waals surface area contributed by atoms with Gasteiger partial charge < -0.3 is 11.1 Å². The van der Waals surface area contributed by atoms with Crippen LogP contribution in [0.15, 0.2) is 0 Å². The zero-order valence-corrected chi connectivity index (χ0v) is 14.1. The largest absolute Gasteiger partial charge is 0.333 e. The fraction of sp³-hybridized carbons (Fsp3) is 0.857. The maximum atomic E-state index is 11.8. The predicted octanol–water partition coefficient (Wildman–Crippen LogP) is 1.09. The van der Waals surface area contributed by atoms with Crippen LogP contribution in [0.5, 0.6) is 0 Å². The lowest BCUT2D eigenvalue weighted by Crippen LogP contribution is -2.51. The molecule has 1 aliphatic heterocycles. The molecule has 0 aliphatic carbocycles. The number of imide groups is 1. The summed E-state index contributed by atoms with van der Waals surface area (Å²) in [5, 5.41) is 5.09. The first-order valence-corrected chi connectivity index (χ1v) is 7.34. The number of carbonyl (C=O) groups excluding carboxylic acids is 2. The molecule has 1 fully saturated rings. The lowest BCUT2D eigenvalue weighted by Gasteiger charge is -2.32. The second-order valence-corrected chi connectivity index (χ2v) is 6.57. The molecule has 0 saturated carbocycles. The highest BCUT2D eigenvalue weighted by Gasteiger charge is 2.22. The van der Waals surface area contributed by atoms with Crippen LogP contribution in [0, 0.1) is 5.92 Å². The second-order valence-electron chi connectivity index (χ2n) is 6.57. The highest BCUT2D eigenvalue weighted by atomic mass is 35.5. The number of likely N-dealkylation sites (tertiary alicyclic amines) is 1. The molecule has 1 rings (SSSR count). The van der Waals surface area contributed by atoms with Crippen molar-refractivity contribution in [2.24, 2.45) is 11.7 Å². The third kappa shape index (κ3) is 8.90. The summed E-state index contributed by atoms with van der Waals surface area (Å²) in [5.74, 6) is 0.324. The molecule has 7 heteroatoms. The van der Waals surface area contributed by atoms with Crippen LogP contribution in [-0.2, 0) is 4.79 Å². The third-order valence-electron chi connectivity index (χ3n) is 3.29. The first kappa shape index (κ1) is 20.1. The minimum atomic E-state index is -0.432. The van der Waals surface area contributed by atoms with Crippen LogP contribution in [0.4, 0.5) is 4.79 Å². The second kappa shape index (κ2) is 9.23. The van der Waals surface area contributed by atoms with E-state index in [4.69, 9.17) is 5.73 Å². The van der Waals surface area contributed by atoms with Gasteiger partial charge in [-0.3, -0.25) is 15.0 Å². The van der Waals surface area contributed by atoms with E-state index in [2.05, 4.69) is 15.5 Å². The lowest BCUT2D eigenvalue weighted by atomic mass is 9.95. The van der Waals surface area contributed by atoms with E-state index in [9.17, 15) is 9.59 Å². The normalized spacial score (nSPS) is 19.5. The van der Waals surface area contributed by atoms with Crippen molar-refractivity contribution < 1.29 is 9.59 Å². The number of piperidine rings is 1. The fourth-order valence-corrected chi connectivity index (χ4v) is 2.51. The van der Waals surface area contributed by atoms with Gasteiger partial charge in [0, 0.05) is 12.1 Å². The summed E-state index contributed by atoms with van der Waals surface area (Å²) < 4.78 is 0. The van der Waals surface area contributed by atoms with Crippen molar-refractivity contribution in [2.75, 3.05) is 26.2 Å². The Morgan fingerprint density at radius 1 is 1.33 bits per heavy atom. The van der Waals surface area contributed by atoms with Crippen LogP contribution >= 0.6 is 12.4 Å². The first-order valence-electron chi connectivity index (χ1n) is 7.34. The maximum absolute atomic E-state index is 11.8. The molecule has 1 saturated heterocycles. The molecule has 1 aliphatic rings. The molecule has 0 radical (unpaired) electrons. The van der Waals surface area contributed by atoms with Gasteiger partial charge in [0.2, 0.25) is 5.91 Å². The quantitative estimate of drug-likeness (QED) is 0.723. The number of halogens is 1. The van der Waals surface area contributed by atoms with E-state index < -0.39 is 6.03 Å². The van der Waals surface area contributed by atoms with Crippen LogP contribution in [0.1, 0.15) is 40.0 Å². The first-order chi connectivity index (χ1) is 9.30. The number of carbonyl (C=O) groups is 2. The molecule has 0 spiro atoms. The van der Waals surface area contributed by atoms with Crippen molar-refractivity contribution in [1.29, 1.82) is 0 Å². The Balaban J connectivity index is 0.00000400. The van der Waals surface area contributed by atoms with Gasteiger partial charge in [0.05, 0.1) is 6.54 Å². The average molecular weight is 321 g/mol. The molecule has 0 aromatic heterocycles. The molecule has 4 N–H and O–H groups in total. The Hall–Kier alpha value is -0.850. The number of nitrogens with zero attached hydrogens (tertiary/aromatic N) is 1. The number of nitrogens with one attached hydrogen (secondary N) is 2. The van der Waals surface area contributed by atoms with Crippen LogP contribution < -0.4 is 16.4 Å². The monoisotopic (exact) mass is 320 g/mol. The minimum Gasteiger partial charge on any atom is -0.333 e. The Kier molecular flexibility index (Phi) is 8.85. The van der Waals surface area contributed by atoms with Crippen molar-refractivity contribution >= 4 is 24.3 Å². The van der Waals surface area contributed by atoms with Crippen LogP contribution in [0.3, 0.4) is 0 Å². The maximum Gasteiger partial charge on any atom is 0.321 e. The molecule has 0 bridgehead atoms. The zero-order valence-electron chi connectivity index (χ0n) is 13.3. The number of nitrogens with two attached hydrogens (primary N) is 1. The van der Waals surface area contributed by atoms with Gasteiger partial charge in [0.1, 0.15) is 0 Å². The van der Waals surface area contributed by atoms with Gasteiger partial charge in [-0.25, -0.2) is 4.79 Å². The number of hydrogen-bond donors (Lipinski definition) is 3. The summed E-state index contributed by atoms with van der Waals surface area (Å²) in [5.41, 5.74) is 5.23. The standard InChI is InChI=1S/C14H28N4O2.ClH/c1-14(2,3)17-13(20)16-12(19)10-18-8-4-5-11(9-18)6-7-15;/h11H,4-10,15H2,1-3H3,(H2,16,17,19,20);1H. The Bertz CT molecular complexity index is 342. The third-order valence-corrected chi connectivity index (χ3v) is 3.29. The molecular weight excluding hydrogens is 292 g/mol. The molecule has 0 aromatic rings. The number of amides is 3. The molecule has 6 nitrogen and oxygen atoms in total. The van der Waals surface area contributed by atoms with Gasteiger partial charge in [-0.2, -0.15) is 0 Å². The molecule has 3 amide bonds. The van der Waals surface area contributed by atoms with Crippen molar-refractivity contribution in [3.8, 4) is 0 Å². The number of urea groups is 1. The summed E-state index contributed by atoms with van der Waals surface area (Å²) in [4.78, 5) is 25.5. The molecule has 21 heavy (non-hydrogen) atoms. The molecule has 124 valence electrons. The Morgan fingerprint density at radius 3 is 2.57 bits per heavy atom. The zero-order chi connectivity index (χ0) is 15.2. The summed E-state index contributed by atoms with van der Waals surface area (Å²) in [6.45, 7) is 8.40. The lowest BCUT2D eigenvalue weighted by molar-refractivity contribution is -0.121. The average Bonchev–Trinajstić information content (AvgIpc) is 2.26. The molecule has 1 unspecified atom stereocenters. The van der Waals surface area contributed by atoms with Crippen molar-refractivity contribution in [2.45, 2.75) is 45.6 Å². The molecule has 0 aromatic carbocycles. The van der Waals surface area contributed by atoms with Crippen LogP contribution in [-0.4, -0.2) is 48.6 Å². The van der Waals surface area contributed by atoms with E-state index in [0.29, 0.717) is 12.5 Å². The van der Waals surface area contributed by atoms with Gasteiger partial charge in [-0.15, -0.1) is 12.4 Å². The van der Waals surface area contributed by atoms with E-state index in [0.717, 1.165) is 25.9 Å². The van der Waals surface area contributed by atoms with Crippen molar-refractivity contribution in [3.63, 3.8) is 0 Å². The highest BCUT2D eigenvalue weighted by molar-refractivity contribution is 5.95. The molecule has 1 heterocycles. The predicted molar refractivity (Wildman–Crippen MR) is 86.5 cm³/mol. The van der Waals surface area contributed by atoms with Crippen molar-refractivity contribution in [3.05, 3.63) is 0 Å². The van der Waals surface area contributed by atoms with Gasteiger partial charge in [-0.05, 0) is 59.0 Å². The smallest absolute Gasteiger partial charge is 0.321 e. The summed E-state index contributed by atoms with van der Waals surface area (Å²) in [6.07, 6.45) is 3.27.